The molecule has 1 rings (SSSR count). The van der Waals surface area contributed by atoms with Crippen molar-refractivity contribution < 1.29 is 23.1 Å². The van der Waals surface area contributed by atoms with Crippen molar-refractivity contribution in [3.63, 3.8) is 0 Å². The van der Waals surface area contributed by atoms with Crippen LogP contribution < -0.4 is 0 Å². The third-order valence-corrected chi connectivity index (χ3v) is 1.85. The van der Waals surface area contributed by atoms with Gasteiger partial charge < -0.3 is 5.11 Å². The number of carboxylic acids is 1. The molecule has 0 aliphatic rings. The number of pyridine rings is 1. The van der Waals surface area contributed by atoms with Crippen molar-refractivity contribution in [1.82, 2.24) is 4.98 Å². The lowest BCUT2D eigenvalue weighted by Gasteiger charge is -2.11. The lowest BCUT2D eigenvalue weighted by molar-refractivity contribution is -0.166. The van der Waals surface area contributed by atoms with E-state index in [1.807, 2.05) is 0 Å². The number of alkyl halides is 2. The second-order valence-electron chi connectivity index (χ2n) is 2.37. The second-order valence-corrected chi connectivity index (χ2v) is 3.29. The molecule has 76 valence electrons. The average molecular weight is 270 g/mol. The van der Waals surface area contributed by atoms with E-state index in [0.717, 1.165) is 6.20 Å². The lowest BCUT2D eigenvalue weighted by Crippen LogP contribution is -2.27. The lowest BCUT2D eigenvalue weighted by atomic mass is 10.1. The van der Waals surface area contributed by atoms with Crippen LogP contribution >= 0.6 is 15.9 Å². The highest BCUT2D eigenvalue weighted by atomic mass is 79.9. The summed E-state index contributed by atoms with van der Waals surface area (Å²) in [6.45, 7) is 0. The van der Waals surface area contributed by atoms with Crippen LogP contribution in [0.25, 0.3) is 0 Å². The number of aromatic nitrogens is 1. The number of hydrogen-bond donors (Lipinski definition) is 1. The molecule has 0 saturated carbocycles. The summed E-state index contributed by atoms with van der Waals surface area (Å²) in [5.41, 5.74) is -1.26. The van der Waals surface area contributed by atoms with E-state index in [0.29, 0.717) is 6.07 Å². The zero-order valence-corrected chi connectivity index (χ0v) is 8.06. The van der Waals surface area contributed by atoms with E-state index < -0.39 is 23.4 Å². The van der Waals surface area contributed by atoms with E-state index in [9.17, 15) is 18.0 Å². The van der Waals surface area contributed by atoms with Gasteiger partial charge in [-0.1, -0.05) is 0 Å². The molecule has 1 N–H and O–H groups in total. The van der Waals surface area contributed by atoms with Crippen molar-refractivity contribution in [2.75, 3.05) is 0 Å². The fourth-order valence-corrected chi connectivity index (χ4v) is 1.09. The maximum atomic E-state index is 12.8. The van der Waals surface area contributed by atoms with Crippen molar-refractivity contribution in [3.05, 3.63) is 28.2 Å². The van der Waals surface area contributed by atoms with Crippen LogP contribution in [0.1, 0.15) is 5.56 Å². The second kappa shape index (κ2) is 3.56. The molecule has 1 aromatic rings. The number of halogens is 4. The topological polar surface area (TPSA) is 50.2 Å². The number of carboxylic acid groups (broad SMARTS) is 1. The molecule has 0 saturated heterocycles. The zero-order valence-electron chi connectivity index (χ0n) is 6.47. The van der Waals surface area contributed by atoms with Gasteiger partial charge in [0.25, 0.3) is 0 Å². The van der Waals surface area contributed by atoms with Gasteiger partial charge in [0.2, 0.25) is 5.95 Å². The Kier molecular flexibility index (Phi) is 2.79. The zero-order chi connectivity index (χ0) is 10.9. The minimum absolute atomic E-state index is 0.0785. The summed E-state index contributed by atoms with van der Waals surface area (Å²) < 4.78 is 38.5. The maximum absolute atomic E-state index is 12.8. The van der Waals surface area contributed by atoms with Gasteiger partial charge >= 0.3 is 11.9 Å². The number of nitrogens with zero attached hydrogens (tertiary/aromatic N) is 1. The van der Waals surface area contributed by atoms with Crippen molar-refractivity contribution in [2.45, 2.75) is 5.92 Å². The maximum Gasteiger partial charge on any atom is 0.379 e. The summed E-state index contributed by atoms with van der Waals surface area (Å²) in [5.74, 6) is -8.20. The van der Waals surface area contributed by atoms with Crippen LogP contribution in [-0.2, 0) is 10.7 Å². The first-order valence-electron chi connectivity index (χ1n) is 3.28. The van der Waals surface area contributed by atoms with Gasteiger partial charge in [-0.2, -0.15) is 13.2 Å². The van der Waals surface area contributed by atoms with E-state index >= 15 is 0 Å². The monoisotopic (exact) mass is 269 g/mol. The van der Waals surface area contributed by atoms with E-state index in [1.165, 1.54) is 0 Å². The third kappa shape index (κ3) is 1.87. The number of rotatable bonds is 2. The molecule has 0 amide bonds. The number of carbonyl (C=O) groups is 1. The van der Waals surface area contributed by atoms with Crippen molar-refractivity contribution >= 4 is 21.9 Å². The molecule has 0 fully saturated rings. The Labute approximate surface area is 84.7 Å². The van der Waals surface area contributed by atoms with E-state index in [4.69, 9.17) is 5.11 Å². The van der Waals surface area contributed by atoms with Crippen LogP contribution in [0.4, 0.5) is 13.2 Å². The smallest absolute Gasteiger partial charge is 0.379 e. The highest BCUT2D eigenvalue weighted by Gasteiger charge is 2.44. The van der Waals surface area contributed by atoms with Crippen LogP contribution in [0.15, 0.2) is 16.7 Å². The van der Waals surface area contributed by atoms with Crippen LogP contribution in [0.5, 0.6) is 0 Å². The van der Waals surface area contributed by atoms with E-state index in [2.05, 4.69) is 20.9 Å². The Balaban J connectivity index is 3.31. The summed E-state index contributed by atoms with van der Waals surface area (Å²) in [6.07, 6.45) is 0.955. The van der Waals surface area contributed by atoms with Gasteiger partial charge in [-0.3, -0.25) is 0 Å². The van der Waals surface area contributed by atoms with Crippen LogP contribution in [0.3, 0.4) is 0 Å². The average Bonchev–Trinajstić information content (AvgIpc) is 2.08. The Morgan fingerprint density at radius 2 is 2.14 bits per heavy atom. The molecule has 0 aliphatic carbocycles. The Hall–Kier alpha value is -1.11. The Morgan fingerprint density at radius 1 is 1.57 bits per heavy atom. The molecular formula is C7H3BrF3NO2. The molecule has 0 aliphatic heterocycles. The van der Waals surface area contributed by atoms with Gasteiger partial charge in [0, 0.05) is 10.7 Å². The van der Waals surface area contributed by atoms with Crippen molar-refractivity contribution in [1.29, 1.82) is 0 Å². The van der Waals surface area contributed by atoms with Gasteiger partial charge in [0.1, 0.15) is 0 Å². The molecule has 14 heavy (non-hydrogen) atoms. The summed E-state index contributed by atoms with van der Waals surface area (Å²) in [5, 5.41) is 8.15. The fourth-order valence-electron chi connectivity index (χ4n) is 0.758. The number of aliphatic carboxylic acids is 1. The Bertz CT molecular complexity index is 383. The standard InChI is InChI=1S/C7H3BrF3NO2/c8-3-1-4(5(9)12-2-3)7(10,11)6(13)14/h1-2H,(H,13,14). The highest BCUT2D eigenvalue weighted by molar-refractivity contribution is 9.10. The Morgan fingerprint density at radius 3 is 2.64 bits per heavy atom. The first-order chi connectivity index (χ1) is 6.35. The molecule has 1 heterocycles. The van der Waals surface area contributed by atoms with Gasteiger partial charge in [-0.05, 0) is 22.0 Å². The predicted octanol–water partition coefficient (Wildman–Crippen LogP) is 2.16. The van der Waals surface area contributed by atoms with Crippen LogP contribution in [0, 0.1) is 5.95 Å². The molecule has 1 aromatic heterocycles. The molecule has 0 unspecified atom stereocenters. The molecule has 0 aromatic carbocycles. The van der Waals surface area contributed by atoms with Gasteiger partial charge in [0.15, 0.2) is 0 Å². The summed E-state index contributed by atoms with van der Waals surface area (Å²) >= 11 is 2.78. The molecule has 0 radical (unpaired) electrons. The fraction of sp³-hybridized carbons (Fsp3) is 0.143. The molecule has 0 spiro atoms. The summed E-state index contributed by atoms with van der Waals surface area (Å²) in [4.78, 5) is 13.1. The third-order valence-electron chi connectivity index (χ3n) is 1.41. The minimum Gasteiger partial charge on any atom is -0.477 e. The molecule has 3 nitrogen and oxygen atoms in total. The molecular weight excluding hydrogens is 267 g/mol. The molecule has 0 atom stereocenters. The van der Waals surface area contributed by atoms with Crippen LogP contribution in [0.2, 0.25) is 0 Å². The molecule has 7 heteroatoms. The van der Waals surface area contributed by atoms with Crippen molar-refractivity contribution in [3.8, 4) is 0 Å². The van der Waals surface area contributed by atoms with Crippen LogP contribution in [-0.4, -0.2) is 16.1 Å². The highest BCUT2D eigenvalue weighted by Crippen LogP contribution is 2.31. The van der Waals surface area contributed by atoms with Gasteiger partial charge in [-0.25, -0.2) is 9.78 Å². The van der Waals surface area contributed by atoms with E-state index in [-0.39, 0.29) is 4.47 Å². The van der Waals surface area contributed by atoms with Crippen molar-refractivity contribution in [2.24, 2.45) is 0 Å². The summed E-state index contributed by atoms with van der Waals surface area (Å²) in [6, 6.07) is 0.677. The van der Waals surface area contributed by atoms with Gasteiger partial charge in [-0.15, -0.1) is 0 Å². The number of hydrogen-bond acceptors (Lipinski definition) is 2. The SMILES string of the molecule is O=C(O)C(F)(F)c1cc(Br)cnc1F. The van der Waals surface area contributed by atoms with E-state index in [1.54, 1.807) is 0 Å². The first kappa shape index (κ1) is 11.0. The minimum atomic E-state index is -4.28. The first-order valence-corrected chi connectivity index (χ1v) is 4.07. The quantitative estimate of drug-likeness (QED) is 0.838. The van der Waals surface area contributed by atoms with Gasteiger partial charge in [0.05, 0.1) is 5.56 Å². The largest absolute Gasteiger partial charge is 0.477 e. The molecule has 0 bridgehead atoms. The normalized spacial score (nSPS) is 11.4. The predicted molar refractivity (Wildman–Crippen MR) is 43.4 cm³/mol. The summed E-state index contributed by atoms with van der Waals surface area (Å²) in [7, 11) is 0.